The summed E-state index contributed by atoms with van der Waals surface area (Å²) < 4.78 is 28.9. The van der Waals surface area contributed by atoms with Crippen LogP contribution < -0.4 is 4.72 Å². The third-order valence-electron chi connectivity index (χ3n) is 3.00. The Morgan fingerprint density at radius 1 is 1.48 bits per heavy atom. The third kappa shape index (κ3) is 3.91. The first-order valence-corrected chi connectivity index (χ1v) is 8.97. The number of aliphatic hydroxyl groups is 1. The van der Waals surface area contributed by atoms with E-state index >= 15 is 0 Å². The molecule has 2 rings (SSSR count). The molecule has 0 aromatic carbocycles. The molecule has 0 fully saturated rings. The van der Waals surface area contributed by atoms with Gasteiger partial charge in [-0.15, -0.1) is 11.3 Å². The molecular weight excluding hydrogens is 310 g/mol. The maximum absolute atomic E-state index is 12.3. The Labute approximate surface area is 128 Å². The first-order chi connectivity index (χ1) is 9.96. The molecule has 0 saturated heterocycles. The molecule has 0 unspecified atom stereocenters. The van der Waals surface area contributed by atoms with Crippen molar-refractivity contribution < 1.29 is 13.5 Å². The molecular formula is C13H19N3O3S2. The van der Waals surface area contributed by atoms with E-state index in [1.165, 1.54) is 17.4 Å². The Hall–Kier alpha value is -1.22. The van der Waals surface area contributed by atoms with E-state index in [-0.39, 0.29) is 18.0 Å². The molecule has 0 bridgehead atoms. The number of aryl methyl sites for hydroxylation is 2. The van der Waals surface area contributed by atoms with Crippen molar-refractivity contribution in [3.63, 3.8) is 0 Å². The summed E-state index contributed by atoms with van der Waals surface area (Å²) in [6.07, 6.45) is 4.11. The van der Waals surface area contributed by atoms with Crippen molar-refractivity contribution in [3.8, 4) is 0 Å². The fraction of sp³-hybridized carbons (Fsp3) is 0.462. The van der Waals surface area contributed by atoms with E-state index in [9.17, 15) is 13.5 Å². The molecule has 0 saturated carbocycles. The fourth-order valence-corrected chi connectivity index (χ4v) is 3.89. The molecule has 6 nitrogen and oxygen atoms in total. The fourth-order valence-electron chi connectivity index (χ4n) is 1.99. The van der Waals surface area contributed by atoms with Gasteiger partial charge in [-0.2, -0.15) is 0 Å². The van der Waals surface area contributed by atoms with Crippen LogP contribution in [0.2, 0.25) is 0 Å². The van der Waals surface area contributed by atoms with Crippen molar-refractivity contribution in [1.82, 2.24) is 14.3 Å². The number of aliphatic hydroxyl groups excluding tert-OH is 1. The Balaban J connectivity index is 2.15. The van der Waals surface area contributed by atoms with Gasteiger partial charge in [-0.1, -0.05) is 6.92 Å². The summed E-state index contributed by atoms with van der Waals surface area (Å²) in [5, 5.41) is 10.2. The lowest BCUT2D eigenvalue weighted by atomic mass is 10.4. The van der Waals surface area contributed by atoms with Gasteiger partial charge in [-0.3, -0.25) is 0 Å². The van der Waals surface area contributed by atoms with Gasteiger partial charge in [0, 0.05) is 36.1 Å². The van der Waals surface area contributed by atoms with Crippen LogP contribution in [0.5, 0.6) is 0 Å². The van der Waals surface area contributed by atoms with Gasteiger partial charge in [0.05, 0.1) is 16.5 Å². The van der Waals surface area contributed by atoms with Crippen molar-refractivity contribution in [1.29, 1.82) is 0 Å². The van der Waals surface area contributed by atoms with Crippen LogP contribution in [0.4, 0.5) is 0 Å². The second kappa shape index (κ2) is 6.69. The van der Waals surface area contributed by atoms with Crippen molar-refractivity contribution in [2.75, 3.05) is 0 Å². The molecule has 0 atom stereocenters. The van der Waals surface area contributed by atoms with E-state index in [0.29, 0.717) is 12.2 Å². The van der Waals surface area contributed by atoms with Gasteiger partial charge in [-0.05, 0) is 19.4 Å². The summed E-state index contributed by atoms with van der Waals surface area (Å²) in [4.78, 5) is 5.14. The highest BCUT2D eigenvalue weighted by Crippen LogP contribution is 2.17. The topological polar surface area (TPSA) is 84.2 Å². The largest absolute Gasteiger partial charge is 0.390 e. The summed E-state index contributed by atoms with van der Waals surface area (Å²) >= 11 is 1.46. The minimum atomic E-state index is -3.58. The van der Waals surface area contributed by atoms with E-state index < -0.39 is 10.0 Å². The zero-order valence-electron chi connectivity index (χ0n) is 12.0. The number of hydrogen-bond donors (Lipinski definition) is 2. The minimum Gasteiger partial charge on any atom is -0.390 e. The van der Waals surface area contributed by atoms with Crippen molar-refractivity contribution in [2.24, 2.45) is 0 Å². The monoisotopic (exact) mass is 329 g/mol. The van der Waals surface area contributed by atoms with Crippen molar-refractivity contribution in [2.45, 2.75) is 44.9 Å². The van der Waals surface area contributed by atoms with E-state index in [0.717, 1.165) is 16.3 Å². The Kier molecular flexibility index (Phi) is 5.15. The van der Waals surface area contributed by atoms with Crippen molar-refractivity contribution >= 4 is 21.4 Å². The van der Waals surface area contributed by atoms with Crippen LogP contribution in [0.3, 0.4) is 0 Å². The van der Waals surface area contributed by atoms with Gasteiger partial charge in [0.1, 0.15) is 0 Å². The lowest BCUT2D eigenvalue weighted by Crippen LogP contribution is -2.22. The standard InChI is InChI=1S/C13H19N3O3S2/c1-3-4-16-8-13(5-11(16)9-17)21(18,19)15-7-12-6-14-10(2)20-12/h5-6,8,15,17H,3-4,7,9H2,1-2H3. The zero-order valence-corrected chi connectivity index (χ0v) is 13.7. The first-order valence-electron chi connectivity index (χ1n) is 6.67. The van der Waals surface area contributed by atoms with Crippen LogP contribution in [0.1, 0.15) is 28.9 Å². The highest BCUT2D eigenvalue weighted by molar-refractivity contribution is 7.89. The second-order valence-corrected chi connectivity index (χ2v) is 7.78. The number of aromatic nitrogens is 2. The Morgan fingerprint density at radius 2 is 2.24 bits per heavy atom. The van der Waals surface area contributed by atoms with Crippen LogP contribution in [0.15, 0.2) is 23.4 Å². The summed E-state index contributed by atoms with van der Waals surface area (Å²) in [5.74, 6) is 0. The van der Waals surface area contributed by atoms with Crippen LogP contribution in [0.25, 0.3) is 0 Å². The number of rotatable bonds is 7. The molecule has 0 aliphatic heterocycles. The molecule has 2 heterocycles. The molecule has 21 heavy (non-hydrogen) atoms. The number of nitrogens with zero attached hydrogens (tertiary/aromatic N) is 2. The second-order valence-electron chi connectivity index (χ2n) is 4.69. The van der Waals surface area contributed by atoms with Gasteiger partial charge in [-0.25, -0.2) is 18.1 Å². The molecule has 0 aliphatic carbocycles. The normalized spacial score (nSPS) is 12.0. The van der Waals surface area contributed by atoms with Gasteiger partial charge < -0.3 is 9.67 Å². The third-order valence-corrected chi connectivity index (χ3v) is 5.28. The van der Waals surface area contributed by atoms with E-state index in [2.05, 4.69) is 9.71 Å². The molecule has 0 aliphatic rings. The van der Waals surface area contributed by atoms with Gasteiger partial charge >= 0.3 is 0 Å². The maximum atomic E-state index is 12.3. The number of sulfonamides is 1. The number of nitrogens with one attached hydrogen (secondary N) is 1. The molecule has 2 N–H and O–H groups in total. The van der Waals surface area contributed by atoms with Crippen LogP contribution in [-0.4, -0.2) is 23.1 Å². The highest BCUT2D eigenvalue weighted by Gasteiger charge is 2.18. The van der Waals surface area contributed by atoms with Gasteiger partial charge in [0.2, 0.25) is 10.0 Å². The average molecular weight is 329 g/mol. The summed E-state index contributed by atoms with van der Waals surface area (Å²) in [6.45, 7) is 4.60. The van der Waals surface area contributed by atoms with Crippen LogP contribution in [-0.2, 0) is 29.7 Å². The number of thiazole rings is 1. The van der Waals surface area contributed by atoms with E-state index in [4.69, 9.17) is 0 Å². The predicted octanol–water partition coefficient (Wildman–Crippen LogP) is 1.63. The van der Waals surface area contributed by atoms with Gasteiger partial charge in [0.15, 0.2) is 0 Å². The lowest BCUT2D eigenvalue weighted by molar-refractivity contribution is 0.270. The van der Waals surface area contributed by atoms with Gasteiger partial charge in [0.25, 0.3) is 0 Å². The lowest BCUT2D eigenvalue weighted by Gasteiger charge is -2.04. The van der Waals surface area contributed by atoms with Crippen molar-refractivity contribution in [3.05, 3.63) is 34.0 Å². The molecule has 2 aromatic rings. The maximum Gasteiger partial charge on any atom is 0.242 e. The molecule has 0 amide bonds. The Bertz CT molecular complexity index is 704. The first kappa shape index (κ1) is 16.2. The summed E-state index contributed by atoms with van der Waals surface area (Å²) in [7, 11) is -3.58. The Morgan fingerprint density at radius 3 is 2.81 bits per heavy atom. The smallest absolute Gasteiger partial charge is 0.242 e. The minimum absolute atomic E-state index is 0.177. The average Bonchev–Trinajstić information content (AvgIpc) is 3.04. The molecule has 2 aromatic heterocycles. The van der Waals surface area contributed by atoms with E-state index in [1.54, 1.807) is 17.0 Å². The number of hydrogen-bond acceptors (Lipinski definition) is 5. The zero-order chi connectivity index (χ0) is 15.5. The van der Waals surface area contributed by atoms with E-state index in [1.807, 2.05) is 13.8 Å². The quantitative estimate of drug-likeness (QED) is 0.809. The van der Waals surface area contributed by atoms with Crippen LogP contribution in [0, 0.1) is 6.92 Å². The SMILES string of the molecule is CCCn1cc(S(=O)(=O)NCc2cnc(C)s2)cc1CO. The molecule has 0 spiro atoms. The molecule has 8 heteroatoms. The molecule has 0 radical (unpaired) electrons. The summed E-state index contributed by atoms with van der Waals surface area (Å²) in [5.41, 5.74) is 0.603. The highest BCUT2D eigenvalue weighted by atomic mass is 32.2. The molecule has 116 valence electrons. The van der Waals surface area contributed by atoms with Crippen LogP contribution >= 0.6 is 11.3 Å². The summed E-state index contributed by atoms with van der Waals surface area (Å²) in [6, 6.07) is 1.51. The predicted molar refractivity (Wildman–Crippen MR) is 81.5 cm³/mol.